The van der Waals surface area contributed by atoms with Crippen LogP contribution in [0.4, 0.5) is 5.82 Å². The maximum absolute atomic E-state index is 13.2. The van der Waals surface area contributed by atoms with Crippen molar-refractivity contribution in [2.75, 3.05) is 64.4 Å². The van der Waals surface area contributed by atoms with Gasteiger partial charge in [-0.25, -0.2) is 4.98 Å². The smallest absolute Gasteiger partial charge is 0.294 e. The van der Waals surface area contributed by atoms with E-state index in [1.54, 1.807) is 4.57 Å². The number of aromatic nitrogens is 2. The molecule has 0 bridgehead atoms. The summed E-state index contributed by atoms with van der Waals surface area (Å²) in [5.41, 5.74) is 1.41. The largest absolute Gasteiger partial charge is 0.378 e. The number of aryl methyl sites for hydroxylation is 1. The molecule has 150 valence electrons. The Balaban J connectivity index is 1.59. The van der Waals surface area contributed by atoms with Crippen molar-refractivity contribution in [2.24, 2.45) is 0 Å². The highest BCUT2D eigenvalue weighted by Crippen LogP contribution is 2.16. The Bertz CT molecular complexity index is 898. The van der Waals surface area contributed by atoms with Crippen molar-refractivity contribution in [1.29, 1.82) is 0 Å². The van der Waals surface area contributed by atoms with Crippen molar-refractivity contribution in [3.05, 3.63) is 34.6 Å². The number of hydrogen-bond donors (Lipinski definition) is 0. The highest BCUT2D eigenvalue weighted by atomic mass is 16.5. The summed E-state index contributed by atoms with van der Waals surface area (Å²) in [6.07, 6.45) is 0.320. The molecule has 0 radical (unpaired) electrons. The Hall–Kier alpha value is -2.45. The van der Waals surface area contributed by atoms with E-state index in [0.29, 0.717) is 45.1 Å². The number of morpholine rings is 1. The minimum absolute atomic E-state index is 0.105. The lowest BCUT2D eigenvalue weighted by atomic mass is 10.2. The number of anilines is 1. The standard InChI is InChI=1S/C20H27N5O3/c1-22-8-10-23(11-9-22)18(26)6-7-25-17-5-3-2-4-16(17)21-19(20(25)27)24-12-14-28-15-13-24/h2-5H,6-15H2,1H3. The predicted octanol–water partition coefficient (Wildman–Crippen LogP) is 0.397. The maximum Gasteiger partial charge on any atom is 0.294 e. The van der Waals surface area contributed by atoms with Gasteiger partial charge in [0.15, 0.2) is 5.82 Å². The summed E-state index contributed by atoms with van der Waals surface area (Å²) < 4.78 is 7.11. The van der Waals surface area contributed by atoms with Gasteiger partial charge in [0.05, 0.1) is 24.2 Å². The van der Waals surface area contributed by atoms with Crippen molar-refractivity contribution in [2.45, 2.75) is 13.0 Å². The monoisotopic (exact) mass is 385 g/mol. The van der Waals surface area contributed by atoms with E-state index in [1.165, 1.54) is 0 Å². The molecule has 3 heterocycles. The number of fused-ring (bicyclic) bond motifs is 1. The van der Waals surface area contributed by atoms with Crippen LogP contribution in [-0.4, -0.2) is 84.8 Å². The van der Waals surface area contributed by atoms with Crippen LogP contribution in [0.2, 0.25) is 0 Å². The summed E-state index contributed by atoms with van der Waals surface area (Å²) in [5, 5.41) is 0. The molecule has 8 heteroatoms. The van der Waals surface area contributed by atoms with Crippen LogP contribution in [0.25, 0.3) is 11.0 Å². The zero-order valence-electron chi connectivity index (χ0n) is 16.3. The normalized spacial score (nSPS) is 18.6. The number of likely N-dealkylation sites (N-methyl/N-ethyl adjacent to an activating group) is 1. The molecule has 28 heavy (non-hydrogen) atoms. The molecule has 0 saturated carbocycles. The zero-order chi connectivity index (χ0) is 19.5. The summed E-state index contributed by atoms with van der Waals surface area (Å²) in [6.45, 7) is 6.15. The van der Waals surface area contributed by atoms with Gasteiger partial charge in [-0.1, -0.05) is 12.1 Å². The molecule has 1 amide bonds. The molecule has 2 fully saturated rings. The number of rotatable bonds is 4. The van der Waals surface area contributed by atoms with Crippen LogP contribution in [-0.2, 0) is 16.1 Å². The van der Waals surface area contributed by atoms with Crippen molar-refractivity contribution < 1.29 is 9.53 Å². The van der Waals surface area contributed by atoms with Gasteiger partial charge in [0.1, 0.15) is 0 Å². The quantitative estimate of drug-likeness (QED) is 0.759. The lowest BCUT2D eigenvalue weighted by Gasteiger charge is -2.32. The van der Waals surface area contributed by atoms with E-state index in [-0.39, 0.29) is 11.5 Å². The molecule has 1 aromatic carbocycles. The maximum atomic E-state index is 13.2. The third-order valence-electron chi connectivity index (χ3n) is 5.55. The van der Waals surface area contributed by atoms with Gasteiger partial charge in [-0.3, -0.25) is 9.59 Å². The molecule has 2 aliphatic heterocycles. The van der Waals surface area contributed by atoms with Gasteiger partial charge >= 0.3 is 0 Å². The van der Waals surface area contributed by atoms with E-state index in [1.807, 2.05) is 34.1 Å². The molecule has 0 N–H and O–H groups in total. The topological polar surface area (TPSA) is 70.9 Å². The third-order valence-corrected chi connectivity index (χ3v) is 5.55. The molecule has 4 rings (SSSR count). The first-order valence-corrected chi connectivity index (χ1v) is 9.92. The van der Waals surface area contributed by atoms with E-state index < -0.39 is 0 Å². The van der Waals surface area contributed by atoms with Crippen LogP contribution in [0, 0.1) is 0 Å². The summed E-state index contributed by atoms with van der Waals surface area (Å²) in [7, 11) is 2.07. The zero-order valence-corrected chi connectivity index (χ0v) is 16.3. The van der Waals surface area contributed by atoms with Crippen molar-refractivity contribution in [1.82, 2.24) is 19.4 Å². The Kier molecular flexibility index (Phi) is 5.59. The highest BCUT2D eigenvalue weighted by molar-refractivity contribution is 5.78. The fraction of sp³-hybridized carbons (Fsp3) is 0.550. The van der Waals surface area contributed by atoms with Crippen molar-refractivity contribution in [3.63, 3.8) is 0 Å². The van der Waals surface area contributed by atoms with Crippen LogP contribution in [0.3, 0.4) is 0 Å². The number of carbonyl (C=O) groups is 1. The fourth-order valence-corrected chi connectivity index (χ4v) is 3.80. The number of benzene rings is 1. The number of ether oxygens (including phenoxy) is 1. The van der Waals surface area contributed by atoms with Crippen LogP contribution in [0.15, 0.2) is 29.1 Å². The minimum atomic E-state index is -0.133. The van der Waals surface area contributed by atoms with E-state index >= 15 is 0 Å². The van der Waals surface area contributed by atoms with E-state index in [0.717, 1.165) is 37.2 Å². The molecule has 0 unspecified atom stereocenters. The summed E-state index contributed by atoms with van der Waals surface area (Å²) in [4.78, 5) is 36.6. The first kappa shape index (κ1) is 18.9. The molecular weight excluding hydrogens is 358 g/mol. The van der Waals surface area contributed by atoms with Gasteiger partial charge in [0.2, 0.25) is 5.91 Å². The summed E-state index contributed by atoms with van der Waals surface area (Å²) >= 11 is 0. The third kappa shape index (κ3) is 3.88. The van der Waals surface area contributed by atoms with Crippen LogP contribution in [0.1, 0.15) is 6.42 Å². The lowest BCUT2D eigenvalue weighted by Crippen LogP contribution is -2.47. The summed E-state index contributed by atoms with van der Waals surface area (Å²) in [5.74, 6) is 0.558. The Morgan fingerprint density at radius 1 is 1.07 bits per heavy atom. The second-order valence-corrected chi connectivity index (χ2v) is 7.41. The number of para-hydroxylation sites is 2. The molecular formula is C20H27N5O3. The second-order valence-electron chi connectivity index (χ2n) is 7.41. The van der Waals surface area contributed by atoms with Crippen molar-refractivity contribution >= 4 is 22.8 Å². The van der Waals surface area contributed by atoms with Crippen LogP contribution < -0.4 is 10.5 Å². The molecule has 0 aliphatic carbocycles. The van der Waals surface area contributed by atoms with Crippen molar-refractivity contribution in [3.8, 4) is 0 Å². The molecule has 2 saturated heterocycles. The number of carbonyl (C=O) groups excluding carboxylic acids is 1. The van der Waals surface area contributed by atoms with Gasteiger partial charge in [-0.05, 0) is 19.2 Å². The fourth-order valence-electron chi connectivity index (χ4n) is 3.80. The molecule has 1 aromatic heterocycles. The Morgan fingerprint density at radius 3 is 2.54 bits per heavy atom. The predicted molar refractivity (Wildman–Crippen MR) is 108 cm³/mol. The molecule has 2 aromatic rings. The van der Waals surface area contributed by atoms with Gasteiger partial charge in [-0.2, -0.15) is 0 Å². The number of piperazine rings is 1. The van der Waals surface area contributed by atoms with Crippen LogP contribution >= 0.6 is 0 Å². The Morgan fingerprint density at radius 2 is 1.79 bits per heavy atom. The van der Waals surface area contributed by atoms with Gasteiger partial charge in [0.25, 0.3) is 5.56 Å². The number of nitrogens with zero attached hydrogens (tertiary/aromatic N) is 5. The lowest BCUT2D eigenvalue weighted by molar-refractivity contribution is -0.133. The highest BCUT2D eigenvalue weighted by Gasteiger charge is 2.22. The molecule has 0 atom stereocenters. The molecule has 2 aliphatic rings. The van der Waals surface area contributed by atoms with Crippen LogP contribution in [0.5, 0.6) is 0 Å². The van der Waals surface area contributed by atoms with E-state index in [2.05, 4.69) is 16.9 Å². The molecule has 0 spiro atoms. The van der Waals surface area contributed by atoms with Gasteiger partial charge in [0, 0.05) is 52.2 Å². The molecule has 8 nitrogen and oxygen atoms in total. The summed E-state index contributed by atoms with van der Waals surface area (Å²) in [6, 6.07) is 7.63. The Labute approximate surface area is 164 Å². The number of hydrogen-bond acceptors (Lipinski definition) is 6. The van der Waals surface area contributed by atoms with E-state index in [9.17, 15) is 9.59 Å². The van der Waals surface area contributed by atoms with Gasteiger partial charge < -0.3 is 24.0 Å². The van der Waals surface area contributed by atoms with E-state index in [4.69, 9.17) is 4.74 Å². The second kappa shape index (κ2) is 8.28. The first-order valence-electron chi connectivity index (χ1n) is 9.92. The number of amides is 1. The first-order chi connectivity index (χ1) is 13.6. The average Bonchev–Trinajstić information content (AvgIpc) is 2.73. The average molecular weight is 385 g/mol. The van der Waals surface area contributed by atoms with Gasteiger partial charge in [-0.15, -0.1) is 0 Å². The SMILES string of the molecule is CN1CCN(C(=O)CCn2c(=O)c(N3CCOCC3)nc3ccccc32)CC1. The minimum Gasteiger partial charge on any atom is -0.378 e.